The maximum Gasteiger partial charge on any atom is 0.121 e. The molecule has 1 aliphatic heterocycles. The second kappa shape index (κ2) is 6.94. The summed E-state index contributed by atoms with van der Waals surface area (Å²) in [6, 6.07) is 12.0. The Morgan fingerprint density at radius 2 is 2.00 bits per heavy atom. The second-order valence-corrected chi connectivity index (χ2v) is 6.63. The molecule has 27 heavy (non-hydrogen) atoms. The highest BCUT2D eigenvalue weighted by atomic mass is 16.5. The van der Waals surface area contributed by atoms with E-state index in [1.54, 1.807) is 18.7 Å². The van der Waals surface area contributed by atoms with Crippen LogP contribution >= 0.6 is 0 Å². The number of furan rings is 1. The number of fused-ring (bicyclic) bond motifs is 1. The third-order valence-electron chi connectivity index (χ3n) is 4.87. The van der Waals surface area contributed by atoms with E-state index in [0.29, 0.717) is 6.61 Å². The summed E-state index contributed by atoms with van der Waals surface area (Å²) in [6.07, 6.45) is 7.18. The third kappa shape index (κ3) is 3.22. The Morgan fingerprint density at radius 1 is 1.07 bits per heavy atom. The molecule has 1 unspecified atom stereocenters. The van der Waals surface area contributed by atoms with Gasteiger partial charge in [-0.3, -0.25) is 9.88 Å². The number of aromatic nitrogens is 4. The van der Waals surface area contributed by atoms with Crippen molar-refractivity contribution in [1.29, 1.82) is 0 Å². The molecule has 7 nitrogen and oxygen atoms in total. The smallest absolute Gasteiger partial charge is 0.121 e. The zero-order chi connectivity index (χ0) is 18.1. The first-order valence-corrected chi connectivity index (χ1v) is 8.98. The lowest BCUT2D eigenvalue weighted by molar-refractivity contribution is -0.0360. The molecule has 0 spiro atoms. The molecule has 5 heterocycles. The number of hydrogen-bond acceptors (Lipinski definition) is 6. The van der Waals surface area contributed by atoms with Gasteiger partial charge in [0.1, 0.15) is 17.6 Å². The summed E-state index contributed by atoms with van der Waals surface area (Å²) in [5.41, 5.74) is 4.02. The van der Waals surface area contributed by atoms with Gasteiger partial charge in [-0.25, -0.2) is 4.52 Å². The van der Waals surface area contributed by atoms with Gasteiger partial charge in [-0.2, -0.15) is 0 Å². The summed E-state index contributed by atoms with van der Waals surface area (Å²) < 4.78 is 13.3. The monoisotopic (exact) mass is 361 g/mol. The molecule has 4 aromatic rings. The van der Waals surface area contributed by atoms with Gasteiger partial charge in [-0.1, -0.05) is 11.3 Å². The summed E-state index contributed by atoms with van der Waals surface area (Å²) in [5.74, 6) is 0.963. The van der Waals surface area contributed by atoms with E-state index in [9.17, 15) is 0 Å². The van der Waals surface area contributed by atoms with Crippen molar-refractivity contribution in [1.82, 2.24) is 24.7 Å². The number of morpholine rings is 1. The van der Waals surface area contributed by atoms with Crippen LogP contribution in [0.25, 0.3) is 16.6 Å². The maximum absolute atomic E-state index is 6.00. The number of pyridine rings is 2. The van der Waals surface area contributed by atoms with E-state index in [-0.39, 0.29) is 6.10 Å². The van der Waals surface area contributed by atoms with Crippen LogP contribution in [0.1, 0.15) is 17.6 Å². The Bertz CT molecular complexity index is 1030. The molecule has 4 aromatic heterocycles. The van der Waals surface area contributed by atoms with Crippen LogP contribution in [-0.4, -0.2) is 44.4 Å². The molecule has 1 atom stereocenters. The average molecular weight is 361 g/mol. The van der Waals surface area contributed by atoms with Crippen LogP contribution in [0.2, 0.25) is 0 Å². The van der Waals surface area contributed by atoms with Crippen LogP contribution in [0.3, 0.4) is 0 Å². The fourth-order valence-corrected chi connectivity index (χ4v) is 3.49. The van der Waals surface area contributed by atoms with Crippen LogP contribution in [0.5, 0.6) is 0 Å². The summed E-state index contributed by atoms with van der Waals surface area (Å²) in [7, 11) is 0. The summed E-state index contributed by atoms with van der Waals surface area (Å²) in [4.78, 5) is 6.39. The number of nitrogens with zero attached hydrogens (tertiary/aromatic N) is 5. The largest absolute Gasteiger partial charge is 0.468 e. The molecule has 0 saturated carbocycles. The van der Waals surface area contributed by atoms with Gasteiger partial charge in [0, 0.05) is 37.2 Å². The lowest BCUT2D eigenvalue weighted by atomic mass is 10.1. The minimum atomic E-state index is -0.0991. The minimum absolute atomic E-state index is 0.0991. The van der Waals surface area contributed by atoms with Gasteiger partial charge in [0.05, 0.1) is 24.9 Å². The fourth-order valence-electron chi connectivity index (χ4n) is 3.49. The first-order chi connectivity index (χ1) is 13.4. The summed E-state index contributed by atoms with van der Waals surface area (Å²) in [6.45, 7) is 3.08. The average Bonchev–Trinajstić information content (AvgIpc) is 3.38. The van der Waals surface area contributed by atoms with Crippen LogP contribution in [0.4, 0.5) is 0 Å². The van der Waals surface area contributed by atoms with Gasteiger partial charge in [0.2, 0.25) is 0 Å². The minimum Gasteiger partial charge on any atom is -0.468 e. The Labute approximate surface area is 156 Å². The molecular formula is C20H19N5O2. The molecular weight excluding hydrogens is 342 g/mol. The van der Waals surface area contributed by atoms with Crippen molar-refractivity contribution in [3.8, 4) is 11.1 Å². The topological polar surface area (TPSA) is 68.7 Å². The highest BCUT2D eigenvalue weighted by Gasteiger charge is 2.26. The number of rotatable bonds is 4. The van der Waals surface area contributed by atoms with Crippen molar-refractivity contribution in [2.75, 3.05) is 19.7 Å². The summed E-state index contributed by atoms with van der Waals surface area (Å²) in [5, 5.41) is 8.73. The Balaban J connectivity index is 1.39. The van der Waals surface area contributed by atoms with E-state index in [1.165, 1.54) is 0 Å². The van der Waals surface area contributed by atoms with E-state index < -0.39 is 0 Å². The van der Waals surface area contributed by atoms with E-state index in [4.69, 9.17) is 9.15 Å². The molecule has 0 N–H and O–H groups in total. The molecule has 1 fully saturated rings. The lowest BCUT2D eigenvalue weighted by Gasteiger charge is -2.31. The normalized spacial score (nSPS) is 18.1. The molecule has 5 rings (SSSR count). The van der Waals surface area contributed by atoms with Crippen molar-refractivity contribution in [3.05, 3.63) is 72.7 Å². The third-order valence-corrected chi connectivity index (χ3v) is 4.87. The molecule has 0 amide bonds. The summed E-state index contributed by atoms with van der Waals surface area (Å²) >= 11 is 0. The van der Waals surface area contributed by atoms with Crippen LogP contribution in [-0.2, 0) is 11.3 Å². The lowest BCUT2D eigenvalue weighted by Crippen LogP contribution is -2.37. The Morgan fingerprint density at radius 3 is 2.85 bits per heavy atom. The van der Waals surface area contributed by atoms with Gasteiger partial charge < -0.3 is 9.15 Å². The van der Waals surface area contributed by atoms with Gasteiger partial charge in [0.25, 0.3) is 0 Å². The van der Waals surface area contributed by atoms with E-state index >= 15 is 0 Å². The molecule has 7 heteroatoms. The van der Waals surface area contributed by atoms with Gasteiger partial charge >= 0.3 is 0 Å². The quantitative estimate of drug-likeness (QED) is 0.557. The molecule has 1 saturated heterocycles. The predicted octanol–water partition coefficient (Wildman–Crippen LogP) is 2.96. The van der Waals surface area contributed by atoms with Crippen LogP contribution < -0.4 is 0 Å². The second-order valence-electron chi connectivity index (χ2n) is 6.63. The first kappa shape index (κ1) is 16.2. The Kier molecular flexibility index (Phi) is 4.16. The molecule has 0 radical (unpaired) electrons. The van der Waals surface area contributed by atoms with Crippen molar-refractivity contribution in [2.45, 2.75) is 12.6 Å². The SMILES string of the molecule is c1coc(CN2CCOC(c3nnn4cc(-c5ccncc5)ccc34)C2)c1. The van der Waals surface area contributed by atoms with Crippen molar-refractivity contribution < 1.29 is 9.15 Å². The predicted molar refractivity (Wildman–Crippen MR) is 98.9 cm³/mol. The molecule has 0 aliphatic carbocycles. The van der Waals surface area contributed by atoms with E-state index in [1.807, 2.05) is 35.0 Å². The van der Waals surface area contributed by atoms with Crippen molar-refractivity contribution in [2.24, 2.45) is 0 Å². The van der Waals surface area contributed by atoms with Crippen LogP contribution in [0, 0.1) is 0 Å². The van der Waals surface area contributed by atoms with Crippen molar-refractivity contribution >= 4 is 5.52 Å². The molecule has 136 valence electrons. The van der Waals surface area contributed by atoms with Gasteiger partial charge in [0.15, 0.2) is 0 Å². The zero-order valence-corrected chi connectivity index (χ0v) is 14.7. The van der Waals surface area contributed by atoms with Gasteiger partial charge in [-0.15, -0.1) is 5.10 Å². The maximum atomic E-state index is 6.00. The van der Waals surface area contributed by atoms with E-state index in [0.717, 1.165) is 47.7 Å². The first-order valence-electron chi connectivity index (χ1n) is 8.98. The number of ether oxygens (including phenoxy) is 1. The van der Waals surface area contributed by atoms with Crippen molar-refractivity contribution in [3.63, 3.8) is 0 Å². The van der Waals surface area contributed by atoms with Crippen LogP contribution in [0.15, 0.2) is 65.7 Å². The highest BCUT2D eigenvalue weighted by molar-refractivity contribution is 5.65. The molecule has 1 aliphatic rings. The van der Waals surface area contributed by atoms with E-state index in [2.05, 4.69) is 32.3 Å². The highest BCUT2D eigenvalue weighted by Crippen LogP contribution is 2.27. The zero-order valence-electron chi connectivity index (χ0n) is 14.7. The molecule has 0 bridgehead atoms. The number of hydrogen-bond donors (Lipinski definition) is 0. The Hall–Kier alpha value is -3.03. The molecule has 0 aromatic carbocycles. The fraction of sp³-hybridized carbons (Fsp3) is 0.250. The standard InChI is InChI=1S/C20H19N5O2/c1-2-17(26-10-1)13-24-9-11-27-19(14-24)20-18-4-3-16(12-25(18)23-22-20)15-5-7-21-8-6-15/h1-8,10,12,19H,9,11,13-14H2. The van der Waals surface area contributed by atoms with Gasteiger partial charge in [-0.05, 0) is 35.9 Å².